The third-order valence-corrected chi connectivity index (χ3v) is 3.88. The monoisotopic (exact) mass is 329 g/mol. The fourth-order valence-electron chi connectivity index (χ4n) is 2.97. The third-order valence-electron chi connectivity index (χ3n) is 3.88. The fourth-order valence-corrected chi connectivity index (χ4v) is 2.97. The Bertz CT molecular complexity index is 757. The van der Waals surface area contributed by atoms with E-state index < -0.39 is 5.97 Å². The van der Waals surface area contributed by atoms with E-state index in [0.29, 0.717) is 23.4 Å². The van der Waals surface area contributed by atoms with Crippen LogP contribution in [-0.4, -0.2) is 29.5 Å². The number of esters is 1. The number of benzene rings is 1. The van der Waals surface area contributed by atoms with Crippen molar-refractivity contribution in [3.63, 3.8) is 0 Å². The Balaban J connectivity index is 2.60. The van der Waals surface area contributed by atoms with Gasteiger partial charge >= 0.3 is 5.97 Å². The summed E-state index contributed by atoms with van der Waals surface area (Å²) in [7, 11) is 0. The van der Waals surface area contributed by atoms with Gasteiger partial charge < -0.3 is 14.0 Å². The number of hydrogen-bond acceptors (Lipinski definition) is 4. The van der Waals surface area contributed by atoms with E-state index in [0.717, 1.165) is 17.1 Å². The molecule has 1 aromatic carbocycles. The molecule has 0 aliphatic heterocycles. The molecule has 0 unspecified atom stereocenters. The van der Waals surface area contributed by atoms with Crippen LogP contribution < -0.4 is 4.74 Å². The van der Waals surface area contributed by atoms with Crippen LogP contribution in [0.5, 0.6) is 5.75 Å². The van der Waals surface area contributed by atoms with Crippen LogP contribution in [0.2, 0.25) is 0 Å². The highest BCUT2D eigenvalue weighted by atomic mass is 16.5. The molecule has 1 heterocycles. The van der Waals surface area contributed by atoms with Crippen molar-refractivity contribution < 1.29 is 19.1 Å². The lowest BCUT2D eigenvalue weighted by Gasteiger charge is -2.11. The zero-order valence-corrected chi connectivity index (χ0v) is 14.8. The Morgan fingerprint density at radius 2 is 1.54 bits per heavy atom. The maximum atomic E-state index is 12.3. The summed E-state index contributed by atoms with van der Waals surface area (Å²) < 4.78 is 12.5. The summed E-state index contributed by atoms with van der Waals surface area (Å²) in [6.45, 7) is 9.67. The summed E-state index contributed by atoms with van der Waals surface area (Å²) in [6.07, 6.45) is 0. The Morgan fingerprint density at radius 3 is 2.04 bits per heavy atom. The van der Waals surface area contributed by atoms with Crippen molar-refractivity contribution in [3.8, 4) is 11.4 Å². The standard InChI is InChI=1S/C19H23NO4/c1-6-23-16-10-8-15(9-11-16)20-12(3)17(14(5)21)18(13(20)4)19(22)24-7-2/h8-11H,6-7H2,1-5H3. The lowest BCUT2D eigenvalue weighted by molar-refractivity contribution is 0.0522. The van der Waals surface area contributed by atoms with Gasteiger partial charge in [0, 0.05) is 17.1 Å². The number of ether oxygens (including phenoxy) is 2. The molecule has 0 saturated heterocycles. The molecule has 5 heteroatoms. The van der Waals surface area contributed by atoms with Gasteiger partial charge in [0.05, 0.1) is 24.3 Å². The number of aromatic nitrogens is 1. The molecule has 2 rings (SSSR count). The molecule has 0 saturated carbocycles. The van der Waals surface area contributed by atoms with E-state index in [2.05, 4.69) is 0 Å². The summed E-state index contributed by atoms with van der Waals surface area (Å²) in [6, 6.07) is 7.55. The van der Waals surface area contributed by atoms with E-state index in [1.807, 2.05) is 49.6 Å². The number of hydrogen-bond donors (Lipinski definition) is 0. The normalized spacial score (nSPS) is 10.5. The topological polar surface area (TPSA) is 57.5 Å². The summed E-state index contributed by atoms with van der Waals surface area (Å²) in [5.41, 5.74) is 3.05. The minimum absolute atomic E-state index is 0.150. The molecule has 2 aromatic rings. The van der Waals surface area contributed by atoms with Gasteiger partial charge in [-0.25, -0.2) is 4.79 Å². The molecule has 5 nitrogen and oxygen atoms in total. The molecule has 0 N–H and O–H groups in total. The fraction of sp³-hybridized carbons (Fsp3) is 0.368. The molecule has 0 aliphatic rings. The first kappa shape index (κ1) is 17.8. The molecule has 128 valence electrons. The first-order valence-electron chi connectivity index (χ1n) is 8.05. The molecule has 0 aliphatic carbocycles. The number of rotatable bonds is 6. The highest BCUT2D eigenvalue weighted by Gasteiger charge is 2.27. The van der Waals surface area contributed by atoms with Crippen molar-refractivity contribution in [1.29, 1.82) is 0 Å². The van der Waals surface area contributed by atoms with Crippen LogP contribution >= 0.6 is 0 Å². The van der Waals surface area contributed by atoms with Crippen molar-refractivity contribution in [2.24, 2.45) is 0 Å². The van der Waals surface area contributed by atoms with Crippen molar-refractivity contribution >= 4 is 11.8 Å². The van der Waals surface area contributed by atoms with Gasteiger partial charge in [-0.05, 0) is 58.9 Å². The van der Waals surface area contributed by atoms with Crippen LogP contribution in [0.3, 0.4) is 0 Å². The van der Waals surface area contributed by atoms with E-state index in [-0.39, 0.29) is 12.4 Å². The Labute approximate surface area is 142 Å². The van der Waals surface area contributed by atoms with Crippen molar-refractivity contribution in [1.82, 2.24) is 4.57 Å². The van der Waals surface area contributed by atoms with E-state index >= 15 is 0 Å². The number of carbonyl (C=O) groups excluding carboxylic acids is 2. The number of carbonyl (C=O) groups is 2. The van der Waals surface area contributed by atoms with E-state index in [9.17, 15) is 9.59 Å². The smallest absolute Gasteiger partial charge is 0.340 e. The average molecular weight is 329 g/mol. The van der Waals surface area contributed by atoms with Gasteiger partial charge in [-0.2, -0.15) is 0 Å². The van der Waals surface area contributed by atoms with E-state index in [4.69, 9.17) is 9.47 Å². The molecule has 0 bridgehead atoms. The van der Waals surface area contributed by atoms with Gasteiger partial charge in [-0.1, -0.05) is 0 Å². The minimum Gasteiger partial charge on any atom is -0.494 e. The molecular formula is C19H23NO4. The number of Topliss-reactive ketones (excluding diaryl/α,β-unsaturated/α-hetero) is 1. The van der Waals surface area contributed by atoms with Crippen molar-refractivity contribution in [2.75, 3.05) is 13.2 Å². The van der Waals surface area contributed by atoms with E-state index in [1.54, 1.807) is 6.92 Å². The van der Waals surface area contributed by atoms with Gasteiger partial charge in [0.1, 0.15) is 5.75 Å². The molecular weight excluding hydrogens is 306 g/mol. The quantitative estimate of drug-likeness (QED) is 0.596. The second-order valence-electron chi connectivity index (χ2n) is 5.46. The summed E-state index contributed by atoms with van der Waals surface area (Å²) >= 11 is 0. The Morgan fingerprint density at radius 1 is 0.958 bits per heavy atom. The zero-order valence-electron chi connectivity index (χ0n) is 14.8. The lowest BCUT2D eigenvalue weighted by Crippen LogP contribution is -2.10. The summed E-state index contributed by atoms with van der Waals surface area (Å²) in [4.78, 5) is 24.4. The van der Waals surface area contributed by atoms with Gasteiger partial charge in [-0.15, -0.1) is 0 Å². The van der Waals surface area contributed by atoms with Gasteiger partial charge in [0.2, 0.25) is 0 Å². The van der Waals surface area contributed by atoms with Gasteiger partial charge in [0.25, 0.3) is 0 Å². The van der Waals surface area contributed by atoms with E-state index in [1.165, 1.54) is 6.92 Å². The van der Waals surface area contributed by atoms with Crippen molar-refractivity contribution in [2.45, 2.75) is 34.6 Å². The van der Waals surface area contributed by atoms with Gasteiger partial charge in [-0.3, -0.25) is 4.79 Å². The Hall–Kier alpha value is -2.56. The maximum absolute atomic E-state index is 12.3. The van der Waals surface area contributed by atoms with Crippen molar-refractivity contribution in [3.05, 3.63) is 46.8 Å². The molecule has 1 aromatic heterocycles. The third kappa shape index (κ3) is 3.20. The largest absolute Gasteiger partial charge is 0.494 e. The summed E-state index contributed by atoms with van der Waals surface area (Å²) in [5, 5.41) is 0. The number of nitrogens with zero attached hydrogens (tertiary/aromatic N) is 1. The first-order chi connectivity index (χ1) is 11.4. The predicted octanol–water partition coefficient (Wildman–Crippen LogP) is 3.87. The first-order valence-corrected chi connectivity index (χ1v) is 8.05. The van der Waals surface area contributed by atoms with Crippen LogP contribution in [0, 0.1) is 13.8 Å². The van der Waals surface area contributed by atoms with Crippen LogP contribution in [0.4, 0.5) is 0 Å². The highest BCUT2D eigenvalue weighted by molar-refractivity contribution is 6.07. The molecule has 0 fully saturated rings. The SMILES string of the molecule is CCOC(=O)c1c(C(C)=O)c(C)n(-c2ccc(OCC)cc2)c1C. The highest BCUT2D eigenvalue weighted by Crippen LogP contribution is 2.28. The zero-order chi connectivity index (χ0) is 17.9. The van der Waals surface area contributed by atoms with Crippen LogP contribution in [-0.2, 0) is 4.74 Å². The molecule has 0 amide bonds. The second kappa shape index (κ2) is 7.34. The average Bonchev–Trinajstić information content (AvgIpc) is 2.80. The Kier molecular flexibility index (Phi) is 5.44. The van der Waals surface area contributed by atoms with Gasteiger partial charge in [0.15, 0.2) is 5.78 Å². The molecule has 24 heavy (non-hydrogen) atoms. The molecule has 0 radical (unpaired) electrons. The second-order valence-corrected chi connectivity index (χ2v) is 5.46. The van der Waals surface area contributed by atoms with Crippen LogP contribution in [0.1, 0.15) is 52.9 Å². The minimum atomic E-state index is -0.465. The maximum Gasteiger partial charge on any atom is 0.340 e. The molecule has 0 spiro atoms. The number of ketones is 1. The lowest BCUT2D eigenvalue weighted by atomic mass is 10.1. The predicted molar refractivity (Wildman–Crippen MR) is 92.4 cm³/mol. The summed E-state index contributed by atoms with van der Waals surface area (Å²) in [5.74, 6) is 0.164. The van der Waals surface area contributed by atoms with Crippen LogP contribution in [0.15, 0.2) is 24.3 Å². The van der Waals surface area contributed by atoms with Crippen LogP contribution in [0.25, 0.3) is 5.69 Å². The molecule has 0 atom stereocenters.